The number of amides is 1. The van der Waals surface area contributed by atoms with Crippen molar-refractivity contribution in [3.05, 3.63) is 53.6 Å². The molecule has 0 spiro atoms. The maximum atomic E-state index is 12.5. The summed E-state index contributed by atoms with van der Waals surface area (Å²) < 4.78 is 32.6. The molecule has 0 saturated carbocycles. The van der Waals surface area contributed by atoms with Crippen molar-refractivity contribution in [1.82, 2.24) is 4.72 Å². The lowest BCUT2D eigenvalue weighted by Crippen LogP contribution is -2.38. The maximum absolute atomic E-state index is 12.5. The quantitative estimate of drug-likeness (QED) is 0.785. The van der Waals surface area contributed by atoms with Crippen molar-refractivity contribution in [2.45, 2.75) is 18.7 Å². The smallest absolute Gasteiger partial charge is 0.240 e. The number of nitriles is 1. The topological polar surface area (TPSA) is 99.5 Å². The van der Waals surface area contributed by atoms with E-state index in [1.807, 2.05) is 6.07 Å². The predicted octanol–water partition coefficient (Wildman–Crippen LogP) is 2.21. The Hall–Kier alpha value is -2.89. The Morgan fingerprint density at radius 1 is 1.26 bits per heavy atom. The van der Waals surface area contributed by atoms with Crippen LogP contribution in [0.4, 0.5) is 5.69 Å². The molecule has 2 rings (SSSR count). The molecule has 0 aromatic heterocycles. The van der Waals surface area contributed by atoms with Crippen LogP contribution in [0.25, 0.3) is 0 Å². The number of hydrogen-bond donors (Lipinski definition) is 1. The van der Waals surface area contributed by atoms with Gasteiger partial charge >= 0.3 is 0 Å². The van der Waals surface area contributed by atoms with Crippen molar-refractivity contribution in [3.8, 4) is 11.8 Å². The van der Waals surface area contributed by atoms with Crippen LogP contribution in [-0.2, 0) is 14.8 Å². The number of sulfonamides is 1. The van der Waals surface area contributed by atoms with Gasteiger partial charge in [0, 0.05) is 20.0 Å². The SMILES string of the molecule is COc1ccc(S(=O)(=O)NCCN(C(C)=O)c2ccccc2C#N)cc1C. The number of carbonyl (C=O) groups excluding carboxylic acids is 1. The second-order valence-electron chi connectivity index (χ2n) is 5.83. The van der Waals surface area contributed by atoms with E-state index in [1.165, 1.54) is 31.1 Å². The number of rotatable bonds is 7. The Morgan fingerprint density at radius 2 is 1.96 bits per heavy atom. The summed E-state index contributed by atoms with van der Waals surface area (Å²) in [4.78, 5) is 13.5. The van der Waals surface area contributed by atoms with E-state index in [2.05, 4.69) is 4.72 Å². The molecule has 1 amide bonds. The van der Waals surface area contributed by atoms with E-state index in [4.69, 9.17) is 4.74 Å². The molecule has 2 aromatic carbocycles. The number of hydrogen-bond acceptors (Lipinski definition) is 5. The van der Waals surface area contributed by atoms with Gasteiger partial charge in [0.2, 0.25) is 15.9 Å². The van der Waals surface area contributed by atoms with Crippen molar-refractivity contribution >= 4 is 21.6 Å². The minimum atomic E-state index is -3.74. The van der Waals surface area contributed by atoms with Crippen molar-refractivity contribution < 1.29 is 17.9 Å². The molecule has 0 bridgehead atoms. The molecule has 0 heterocycles. The highest BCUT2D eigenvalue weighted by atomic mass is 32.2. The number of ether oxygens (including phenoxy) is 1. The predicted molar refractivity (Wildman–Crippen MR) is 102 cm³/mol. The Labute approximate surface area is 159 Å². The van der Waals surface area contributed by atoms with Gasteiger partial charge in [-0.05, 0) is 42.8 Å². The first kappa shape index (κ1) is 20.4. The Kier molecular flexibility index (Phi) is 6.55. The van der Waals surface area contributed by atoms with Gasteiger partial charge in [0.1, 0.15) is 11.8 Å². The number of nitrogens with zero attached hydrogens (tertiary/aromatic N) is 2. The van der Waals surface area contributed by atoms with Crippen molar-refractivity contribution in [3.63, 3.8) is 0 Å². The van der Waals surface area contributed by atoms with Crippen LogP contribution in [0.3, 0.4) is 0 Å². The summed E-state index contributed by atoms with van der Waals surface area (Å²) in [5.41, 5.74) is 1.50. The van der Waals surface area contributed by atoms with Crippen LogP contribution >= 0.6 is 0 Å². The summed E-state index contributed by atoms with van der Waals surface area (Å²) in [6.07, 6.45) is 0. The van der Waals surface area contributed by atoms with Gasteiger partial charge in [-0.15, -0.1) is 0 Å². The molecule has 0 aliphatic rings. The van der Waals surface area contributed by atoms with Crippen molar-refractivity contribution in [2.24, 2.45) is 0 Å². The van der Waals surface area contributed by atoms with E-state index in [-0.39, 0.29) is 23.9 Å². The summed E-state index contributed by atoms with van der Waals surface area (Å²) in [5.74, 6) is 0.321. The highest BCUT2D eigenvalue weighted by Crippen LogP contribution is 2.22. The normalized spacial score (nSPS) is 10.9. The summed E-state index contributed by atoms with van der Waals surface area (Å²) in [5, 5.41) is 9.21. The standard InChI is InChI=1S/C19H21N3O4S/c1-14-12-17(8-9-19(14)26-3)27(24,25)21-10-11-22(15(2)23)18-7-5-4-6-16(18)13-20/h4-9,12,21H,10-11H2,1-3H3. The molecule has 0 saturated heterocycles. The second-order valence-corrected chi connectivity index (χ2v) is 7.60. The number of nitrogens with one attached hydrogen (secondary N) is 1. The molecule has 7 nitrogen and oxygen atoms in total. The molecular weight excluding hydrogens is 366 g/mol. The average Bonchev–Trinajstić information content (AvgIpc) is 2.65. The van der Waals surface area contributed by atoms with E-state index in [0.717, 1.165) is 0 Å². The molecular formula is C19H21N3O4S. The molecule has 0 aliphatic heterocycles. The van der Waals surface area contributed by atoms with E-state index < -0.39 is 10.0 Å². The summed E-state index contributed by atoms with van der Waals surface area (Å²) >= 11 is 0. The minimum absolute atomic E-state index is 0.00670. The van der Waals surface area contributed by atoms with Gasteiger partial charge < -0.3 is 9.64 Å². The van der Waals surface area contributed by atoms with Crippen LogP contribution in [0.1, 0.15) is 18.1 Å². The number of benzene rings is 2. The fraction of sp³-hybridized carbons (Fsp3) is 0.263. The van der Waals surface area contributed by atoms with Gasteiger partial charge in [-0.3, -0.25) is 4.79 Å². The molecule has 1 N–H and O–H groups in total. The van der Waals surface area contributed by atoms with Crippen molar-refractivity contribution in [1.29, 1.82) is 5.26 Å². The van der Waals surface area contributed by atoms with Crippen LogP contribution in [0.15, 0.2) is 47.4 Å². The van der Waals surface area contributed by atoms with E-state index in [0.29, 0.717) is 22.6 Å². The Balaban J connectivity index is 2.14. The number of methoxy groups -OCH3 is 1. The van der Waals surface area contributed by atoms with Gasteiger partial charge in [0.25, 0.3) is 0 Å². The number of aryl methyl sites for hydroxylation is 1. The minimum Gasteiger partial charge on any atom is -0.496 e. The van der Waals surface area contributed by atoms with Crippen LogP contribution in [0.5, 0.6) is 5.75 Å². The first-order chi connectivity index (χ1) is 12.8. The van der Waals surface area contributed by atoms with Crippen molar-refractivity contribution in [2.75, 3.05) is 25.1 Å². The molecule has 0 fully saturated rings. The van der Waals surface area contributed by atoms with Crippen LogP contribution in [-0.4, -0.2) is 34.5 Å². The number of para-hydroxylation sites is 1. The lowest BCUT2D eigenvalue weighted by molar-refractivity contribution is -0.116. The van der Waals surface area contributed by atoms with Gasteiger partial charge in [-0.2, -0.15) is 5.26 Å². The monoisotopic (exact) mass is 387 g/mol. The third-order valence-electron chi connectivity index (χ3n) is 4.00. The largest absolute Gasteiger partial charge is 0.496 e. The van der Waals surface area contributed by atoms with Gasteiger partial charge in [0.15, 0.2) is 0 Å². The van der Waals surface area contributed by atoms with E-state index in [9.17, 15) is 18.5 Å². The van der Waals surface area contributed by atoms with Gasteiger partial charge in [-0.1, -0.05) is 12.1 Å². The Bertz CT molecular complexity index is 981. The molecule has 2 aromatic rings. The zero-order valence-corrected chi connectivity index (χ0v) is 16.2. The molecule has 8 heteroatoms. The summed E-state index contributed by atoms with van der Waals surface area (Å²) in [7, 11) is -2.22. The Morgan fingerprint density at radius 3 is 2.56 bits per heavy atom. The summed E-state index contributed by atoms with van der Waals surface area (Å²) in [6, 6.07) is 13.3. The fourth-order valence-electron chi connectivity index (χ4n) is 2.64. The highest BCUT2D eigenvalue weighted by molar-refractivity contribution is 7.89. The lowest BCUT2D eigenvalue weighted by atomic mass is 10.1. The molecule has 0 aliphatic carbocycles. The number of carbonyl (C=O) groups is 1. The van der Waals surface area contributed by atoms with Crippen LogP contribution in [0.2, 0.25) is 0 Å². The average molecular weight is 387 g/mol. The van der Waals surface area contributed by atoms with Gasteiger partial charge in [0.05, 0.1) is 23.3 Å². The van der Waals surface area contributed by atoms with E-state index >= 15 is 0 Å². The second kappa shape index (κ2) is 8.66. The first-order valence-electron chi connectivity index (χ1n) is 8.21. The summed E-state index contributed by atoms with van der Waals surface area (Å²) in [6.45, 7) is 3.23. The number of anilines is 1. The molecule has 0 radical (unpaired) electrons. The van der Waals surface area contributed by atoms with Crippen LogP contribution in [0, 0.1) is 18.3 Å². The molecule has 27 heavy (non-hydrogen) atoms. The molecule has 0 unspecified atom stereocenters. The molecule has 0 atom stereocenters. The third-order valence-corrected chi connectivity index (χ3v) is 5.46. The van der Waals surface area contributed by atoms with Crippen LogP contribution < -0.4 is 14.4 Å². The zero-order valence-electron chi connectivity index (χ0n) is 15.4. The third kappa shape index (κ3) is 4.84. The highest BCUT2D eigenvalue weighted by Gasteiger charge is 2.18. The lowest BCUT2D eigenvalue weighted by Gasteiger charge is -2.22. The fourth-order valence-corrected chi connectivity index (χ4v) is 3.75. The first-order valence-corrected chi connectivity index (χ1v) is 9.70. The maximum Gasteiger partial charge on any atom is 0.240 e. The van der Waals surface area contributed by atoms with Gasteiger partial charge in [-0.25, -0.2) is 13.1 Å². The van der Waals surface area contributed by atoms with E-state index in [1.54, 1.807) is 37.3 Å². The zero-order chi connectivity index (χ0) is 20.0. The molecule has 142 valence electrons.